The number of benzene rings is 2. The number of anilines is 1. The van der Waals surface area contributed by atoms with Gasteiger partial charge in [-0.2, -0.15) is 5.32 Å². The minimum absolute atomic E-state index is 0.367. The number of nitrogens with zero attached hydrogens (tertiary/aromatic N) is 1. The van der Waals surface area contributed by atoms with Gasteiger partial charge in [-0.15, -0.1) is 0 Å². The van der Waals surface area contributed by atoms with Crippen molar-refractivity contribution in [3.63, 3.8) is 0 Å². The van der Waals surface area contributed by atoms with Crippen molar-refractivity contribution in [1.29, 1.82) is 0 Å². The van der Waals surface area contributed by atoms with E-state index in [4.69, 9.17) is 16.3 Å². The van der Waals surface area contributed by atoms with Crippen molar-refractivity contribution in [3.05, 3.63) is 52.5 Å². The first kappa shape index (κ1) is 15.6. The van der Waals surface area contributed by atoms with Crippen LogP contribution in [0.15, 0.2) is 36.4 Å². The van der Waals surface area contributed by atoms with Crippen molar-refractivity contribution in [2.24, 2.45) is 0 Å². The van der Waals surface area contributed by atoms with E-state index >= 15 is 0 Å². The van der Waals surface area contributed by atoms with Crippen LogP contribution < -0.4 is 20.7 Å². The summed E-state index contributed by atoms with van der Waals surface area (Å²) in [5.41, 5.74) is 3.28. The fourth-order valence-corrected chi connectivity index (χ4v) is 2.66. The number of amides is 2. The van der Waals surface area contributed by atoms with Crippen molar-refractivity contribution >= 4 is 29.0 Å². The van der Waals surface area contributed by atoms with Gasteiger partial charge in [-0.25, -0.2) is 4.79 Å². The van der Waals surface area contributed by atoms with Crippen LogP contribution in [-0.2, 0) is 6.42 Å². The molecule has 2 aromatic carbocycles. The van der Waals surface area contributed by atoms with Gasteiger partial charge in [-0.3, -0.25) is 0 Å². The lowest BCUT2D eigenvalue weighted by Gasteiger charge is -2.12. The molecule has 0 aliphatic carbocycles. The number of hydrogen-bond donors (Lipinski definition) is 2. The van der Waals surface area contributed by atoms with Crippen molar-refractivity contribution in [3.8, 4) is 5.75 Å². The number of urea groups is 1. The Balaban J connectivity index is 1.89. The van der Waals surface area contributed by atoms with Crippen molar-refractivity contribution in [2.45, 2.75) is 6.42 Å². The number of hydrogen-bond acceptors (Lipinski definition) is 3. The molecule has 119 valence electrons. The second-order valence-corrected chi connectivity index (χ2v) is 5.66. The molecule has 0 spiro atoms. The lowest BCUT2D eigenvalue weighted by Crippen LogP contribution is -2.16. The standard InChI is InChI=1S/C17H17ClN3O2/c1-19-6-7-23-15-10-11(8-12-4-2-3-5-13(12)18)9-14-16(15)21-17(22)20-14/h2-5,9-10,19H,6-8H2,1H3,(H,20,22). The lowest BCUT2D eigenvalue weighted by molar-refractivity contribution is 0.255. The van der Waals surface area contributed by atoms with Gasteiger partial charge in [-0.05, 0) is 42.8 Å². The number of halogens is 1. The fourth-order valence-electron chi connectivity index (χ4n) is 2.46. The maximum atomic E-state index is 11.5. The molecule has 2 N–H and O–H groups in total. The molecule has 0 bridgehead atoms. The summed E-state index contributed by atoms with van der Waals surface area (Å²) in [4.78, 5) is 11.5. The van der Waals surface area contributed by atoms with Crippen LogP contribution in [-0.4, -0.2) is 26.2 Å². The Kier molecular flexibility index (Phi) is 4.69. The van der Waals surface area contributed by atoms with Gasteiger partial charge >= 0.3 is 6.03 Å². The summed E-state index contributed by atoms with van der Waals surface area (Å²) in [5, 5.41) is 10.5. The summed E-state index contributed by atoms with van der Waals surface area (Å²) in [7, 11) is 1.86. The van der Waals surface area contributed by atoms with E-state index in [1.165, 1.54) is 0 Å². The first-order valence-electron chi connectivity index (χ1n) is 7.38. The second-order valence-electron chi connectivity index (χ2n) is 5.25. The average molecular weight is 331 g/mol. The van der Waals surface area contributed by atoms with Gasteiger partial charge in [0.2, 0.25) is 0 Å². The molecule has 2 aromatic rings. The first-order valence-corrected chi connectivity index (χ1v) is 7.75. The van der Waals surface area contributed by atoms with E-state index in [1.54, 1.807) is 0 Å². The van der Waals surface area contributed by atoms with E-state index in [1.807, 2.05) is 43.4 Å². The Morgan fingerprint density at radius 3 is 2.91 bits per heavy atom. The van der Waals surface area contributed by atoms with Crippen molar-refractivity contribution in [1.82, 2.24) is 10.6 Å². The minimum atomic E-state index is -0.367. The molecule has 0 saturated heterocycles. The molecule has 5 nitrogen and oxygen atoms in total. The average Bonchev–Trinajstić information content (AvgIpc) is 2.90. The van der Waals surface area contributed by atoms with E-state index in [-0.39, 0.29) is 6.03 Å². The van der Waals surface area contributed by atoms with Crippen molar-refractivity contribution in [2.75, 3.05) is 25.5 Å². The quantitative estimate of drug-likeness (QED) is 0.799. The monoisotopic (exact) mass is 330 g/mol. The summed E-state index contributed by atoms with van der Waals surface area (Å²) in [6, 6.07) is 11.2. The van der Waals surface area contributed by atoms with Crippen LogP contribution in [0.5, 0.6) is 5.75 Å². The highest BCUT2D eigenvalue weighted by molar-refractivity contribution is 6.31. The molecule has 1 radical (unpaired) electrons. The summed E-state index contributed by atoms with van der Waals surface area (Å²) < 4.78 is 5.76. The first-order chi connectivity index (χ1) is 11.2. The third kappa shape index (κ3) is 3.57. The van der Waals surface area contributed by atoms with Gasteiger partial charge in [0.1, 0.15) is 18.0 Å². The number of fused-ring (bicyclic) bond motifs is 1. The van der Waals surface area contributed by atoms with Crippen LogP contribution in [0, 0.1) is 0 Å². The maximum Gasteiger partial charge on any atom is 0.346 e. The number of likely N-dealkylation sites (N-methyl/N-ethyl adjacent to an activating group) is 1. The number of carbonyl (C=O) groups is 1. The van der Waals surface area contributed by atoms with Crippen LogP contribution >= 0.6 is 11.6 Å². The number of carbonyl (C=O) groups excluding carboxylic acids is 1. The highest BCUT2D eigenvalue weighted by Gasteiger charge is 2.24. The molecule has 0 saturated carbocycles. The van der Waals surface area contributed by atoms with E-state index in [9.17, 15) is 4.79 Å². The highest BCUT2D eigenvalue weighted by Crippen LogP contribution is 2.39. The van der Waals surface area contributed by atoms with Gasteiger partial charge < -0.3 is 15.4 Å². The summed E-state index contributed by atoms with van der Waals surface area (Å²) in [6.45, 7) is 1.22. The molecular weight excluding hydrogens is 314 g/mol. The molecule has 1 heterocycles. The Hall–Kier alpha value is -2.24. The molecule has 0 fully saturated rings. The Labute approximate surface area is 140 Å². The van der Waals surface area contributed by atoms with Gasteiger partial charge in [0.25, 0.3) is 0 Å². The number of nitrogens with one attached hydrogen (secondary N) is 2. The van der Waals surface area contributed by atoms with Gasteiger partial charge in [0.15, 0.2) is 0 Å². The largest absolute Gasteiger partial charge is 0.490 e. The van der Waals surface area contributed by atoms with Crippen LogP contribution in [0.4, 0.5) is 16.2 Å². The van der Waals surface area contributed by atoms with Crippen LogP contribution in [0.2, 0.25) is 5.02 Å². The van der Waals surface area contributed by atoms with Gasteiger partial charge in [0.05, 0.1) is 5.69 Å². The topological polar surface area (TPSA) is 64.5 Å². The molecule has 6 heteroatoms. The fraction of sp³-hybridized carbons (Fsp3) is 0.235. The van der Waals surface area contributed by atoms with E-state index in [2.05, 4.69) is 16.0 Å². The summed E-state index contributed by atoms with van der Waals surface area (Å²) in [6.07, 6.45) is 0.658. The minimum Gasteiger partial charge on any atom is -0.490 e. The highest BCUT2D eigenvalue weighted by atomic mass is 35.5. The smallest absolute Gasteiger partial charge is 0.346 e. The molecule has 1 aliphatic heterocycles. The predicted octanol–water partition coefficient (Wildman–Crippen LogP) is 3.31. The molecule has 0 atom stereocenters. The number of rotatable bonds is 6. The molecule has 2 amide bonds. The zero-order valence-electron chi connectivity index (χ0n) is 12.7. The zero-order valence-corrected chi connectivity index (χ0v) is 13.5. The van der Waals surface area contributed by atoms with Crippen LogP contribution in [0.1, 0.15) is 11.1 Å². The zero-order chi connectivity index (χ0) is 16.2. The van der Waals surface area contributed by atoms with Crippen LogP contribution in [0.25, 0.3) is 0 Å². The normalized spacial score (nSPS) is 12.5. The Bertz CT molecular complexity index is 734. The van der Waals surface area contributed by atoms with E-state index in [0.717, 1.165) is 16.1 Å². The lowest BCUT2D eigenvalue weighted by atomic mass is 10.0. The Morgan fingerprint density at radius 1 is 1.30 bits per heavy atom. The third-order valence-corrected chi connectivity index (χ3v) is 3.92. The van der Waals surface area contributed by atoms with E-state index in [0.29, 0.717) is 36.7 Å². The molecule has 23 heavy (non-hydrogen) atoms. The molecular formula is C17H17ClN3O2. The summed E-state index contributed by atoms with van der Waals surface area (Å²) in [5.74, 6) is 0.609. The van der Waals surface area contributed by atoms with E-state index < -0.39 is 0 Å². The Morgan fingerprint density at radius 2 is 2.13 bits per heavy atom. The molecule has 1 aliphatic rings. The van der Waals surface area contributed by atoms with Gasteiger partial charge in [0, 0.05) is 11.6 Å². The molecule has 0 unspecified atom stereocenters. The summed E-state index contributed by atoms with van der Waals surface area (Å²) >= 11 is 6.23. The third-order valence-electron chi connectivity index (χ3n) is 3.55. The van der Waals surface area contributed by atoms with Crippen LogP contribution in [0.3, 0.4) is 0 Å². The molecule has 3 rings (SSSR count). The number of ether oxygens (including phenoxy) is 1. The SMILES string of the molecule is CNCCOc1cc(Cc2ccccc2Cl)cc2c1[N]C(=O)N2. The predicted molar refractivity (Wildman–Crippen MR) is 90.9 cm³/mol. The van der Waals surface area contributed by atoms with Gasteiger partial charge in [-0.1, -0.05) is 29.8 Å². The molecule has 0 aromatic heterocycles. The van der Waals surface area contributed by atoms with Crippen molar-refractivity contribution < 1.29 is 9.53 Å². The second kappa shape index (κ2) is 6.89. The maximum absolute atomic E-state index is 11.5.